The summed E-state index contributed by atoms with van der Waals surface area (Å²) in [6.07, 6.45) is 6.16. The van der Waals surface area contributed by atoms with Crippen molar-refractivity contribution in [3.8, 4) is 5.69 Å². The number of hydrogen-bond donors (Lipinski definition) is 2. The van der Waals surface area contributed by atoms with Crippen LogP contribution in [0, 0.1) is 6.92 Å². The van der Waals surface area contributed by atoms with Crippen LogP contribution in [-0.4, -0.2) is 27.3 Å². The smallest absolute Gasteiger partial charge is 0.320 e. The molecule has 0 bridgehead atoms. The van der Waals surface area contributed by atoms with Crippen molar-refractivity contribution >= 4 is 11.8 Å². The van der Waals surface area contributed by atoms with Crippen molar-refractivity contribution in [3.05, 3.63) is 72.2 Å². The van der Waals surface area contributed by atoms with Crippen molar-refractivity contribution in [2.75, 3.05) is 11.9 Å². The van der Waals surface area contributed by atoms with E-state index >= 15 is 0 Å². The van der Waals surface area contributed by atoms with Gasteiger partial charge < -0.3 is 5.32 Å². The number of carbonyl (C=O) groups is 1. The van der Waals surface area contributed by atoms with E-state index in [1.807, 2.05) is 55.7 Å². The van der Waals surface area contributed by atoms with Gasteiger partial charge in [-0.25, -0.2) is 9.48 Å². The summed E-state index contributed by atoms with van der Waals surface area (Å²) in [6, 6.07) is 13.2. The van der Waals surface area contributed by atoms with Crippen LogP contribution in [0.2, 0.25) is 0 Å². The van der Waals surface area contributed by atoms with Crippen LogP contribution in [0.15, 0.2) is 61.1 Å². The number of nitrogens with one attached hydrogen (secondary N) is 2. The molecule has 24 heavy (non-hydrogen) atoms. The van der Waals surface area contributed by atoms with Gasteiger partial charge in [-0.15, -0.1) is 5.10 Å². The Morgan fingerprint density at radius 2 is 2.00 bits per heavy atom. The molecule has 0 atom stereocenters. The summed E-state index contributed by atoms with van der Waals surface area (Å²) in [6.45, 7) is 2.56. The van der Waals surface area contributed by atoms with Crippen LogP contribution < -0.4 is 10.6 Å². The maximum atomic E-state index is 11.9. The zero-order valence-corrected chi connectivity index (χ0v) is 13.4. The number of aryl methyl sites for hydroxylation is 1. The van der Waals surface area contributed by atoms with Crippen LogP contribution in [-0.2, 0) is 6.42 Å². The van der Waals surface area contributed by atoms with Gasteiger partial charge in [0.15, 0.2) is 5.82 Å². The molecule has 0 unspecified atom stereocenters. The second-order valence-corrected chi connectivity index (χ2v) is 5.41. The SMILES string of the molecule is Cc1cnccc1CCNC(=O)Nc1ccn(-c2ccccc2)n1. The first kappa shape index (κ1) is 15.7. The highest BCUT2D eigenvalue weighted by Crippen LogP contribution is 2.09. The van der Waals surface area contributed by atoms with Gasteiger partial charge in [0, 0.05) is 31.2 Å². The molecule has 0 aliphatic rings. The molecule has 0 aliphatic heterocycles. The standard InChI is InChI=1S/C18H19N5O/c1-14-13-19-10-7-15(14)8-11-20-18(24)21-17-9-12-23(22-17)16-5-3-2-4-6-16/h2-7,9-10,12-13H,8,11H2,1H3,(H2,20,21,22,24). The molecule has 0 fully saturated rings. The number of rotatable bonds is 5. The minimum Gasteiger partial charge on any atom is -0.337 e. The lowest BCUT2D eigenvalue weighted by Gasteiger charge is -2.07. The molecule has 2 amide bonds. The van der Waals surface area contributed by atoms with Crippen LogP contribution in [0.3, 0.4) is 0 Å². The fourth-order valence-electron chi connectivity index (χ4n) is 2.37. The van der Waals surface area contributed by atoms with E-state index in [4.69, 9.17) is 0 Å². The van der Waals surface area contributed by atoms with Crippen LogP contribution in [0.5, 0.6) is 0 Å². The van der Waals surface area contributed by atoms with Crippen molar-refractivity contribution in [3.63, 3.8) is 0 Å². The molecule has 0 radical (unpaired) electrons. The van der Waals surface area contributed by atoms with Crippen molar-refractivity contribution in [2.45, 2.75) is 13.3 Å². The molecular weight excluding hydrogens is 302 g/mol. The van der Waals surface area contributed by atoms with Gasteiger partial charge in [0.05, 0.1) is 5.69 Å². The normalized spacial score (nSPS) is 10.4. The van der Waals surface area contributed by atoms with E-state index in [1.165, 1.54) is 5.56 Å². The topological polar surface area (TPSA) is 71.8 Å². The summed E-state index contributed by atoms with van der Waals surface area (Å²) in [5.74, 6) is 0.511. The average Bonchev–Trinajstić information content (AvgIpc) is 3.06. The Balaban J connectivity index is 1.51. The molecule has 2 N–H and O–H groups in total. The van der Waals surface area contributed by atoms with Gasteiger partial charge in [-0.05, 0) is 42.7 Å². The Labute approximate surface area is 140 Å². The number of nitrogens with zero attached hydrogens (tertiary/aromatic N) is 3. The second-order valence-electron chi connectivity index (χ2n) is 5.41. The molecule has 3 rings (SSSR count). The lowest BCUT2D eigenvalue weighted by atomic mass is 10.1. The van der Waals surface area contributed by atoms with E-state index in [2.05, 4.69) is 20.7 Å². The molecule has 2 aromatic heterocycles. The van der Waals surface area contributed by atoms with Crippen molar-refractivity contribution in [1.82, 2.24) is 20.1 Å². The van der Waals surface area contributed by atoms with Crippen LogP contribution in [0.25, 0.3) is 5.69 Å². The van der Waals surface area contributed by atoms with Gasteiger partial charge in [0.2, 0.25) is 0 Å². The summed E-state index contributed by atoms with van der Waals surface area (Å²) < 4.78 is 1.72. The summed E-state index contributed by atoms with van der Waals surface area (Å²) in [4.78, 5) is 16.0. The highest BCUT2D eigenvalue weighted by molar-refractivity contribution is 5.88. The lowest BCUT2D eigenvalue weighted by molar-refractivity contribution is 0.252. The Kier molecular flexibility index (Phi) is 4.86. The van der Waals surface area contributed by atoms with E-state index in [0.29, 0.717) is 12.4 Å². The summed E-state index contributed by atoms with van der Waals surface area (Å²) in [7, 11) is 0. The maximum Gasteiger partial charge on any atom is 0.320 e. The summed E-state index contributed by atoms with van der Waals surface area (Å²) >= 11 is 0. The van der Waals surface area contributed by atoms with Gasteiger partial charge in [0.1, 0.15) is 0 Å². The van der Waals surface area contributed by atoms with Crippen LogP contribution in [0.4, 0.5) is 10.6 Å². The van der Waals surface area contributed by atoms with Crippen LogP contribution >= 0.6 is 0 Å². The third-order valence-electron chi connectivity index (χ3n) is 3.67. The van der Waals surface area contributed by atoms with E-state index in [-0.39, 0.29) is 6.03 Å². The number of urea groups is 1. The zero-order valence-electron chi connectivity index (χ0n) is 13.4. The molecule has 0 spiro atoms. The fourth-order valence-corrected chi connectivity index (χ4v) is 2.37. The molecule has 0 saturated heterocycles. The highest BCUT2D eigenvalue weighted by atomic mass is 16.2. The monoisotopic (exact) mass is 321 g/mol. The number of benzene rings is 1. The van der Waals surface area contributed by atoms with E-state index < -0.39 is 0 Å². The number of para-hydroxylation sites is 1. The first-order valence-corrected chi connectivity index (χ1v) is 7.78. The van der Waals surface area contributed by atoms with Crippen LogP contribution in [0.1, 0.15) is 11.1 Å². The first-order chi connectivity index (χ1) is 11.7. The predicted molar refractivity (Wildman–Crippen MR) is 93.3 cm³/mol. The minimum absolute atomic E-state index is 0.264. The third kappa shape index (κ3) is 3.98. The van der Waals surface area contributed by atoms with Gasteiger partial charge in [-0.3, -0.25) is 10.3 Å². The largest absolute Gasteiger partial charge is 0.337 e. The van der Waals surface area contributed by atoms with Gasteiger partial charge >= 0.3 is 6.03 Å². The Morgan fingerprint density at radius 3 is 2.79 bits per heavy atom. The number of pyridine rings is 1. The van der Waals surface area contributed by atoms with Crippen molar-refractivity contribution in [2.24, 2.45) is 0 Å². The molecule has 1 aromatic carbocycles. The molecule has 6 heteroatoms. The lowest BCUT2D eigenvalue weighted by Crippen LogP contribution is -2.30. The Bertz CT molecular complexity index is 813. The summed E-state index contributed by atoms with van der Waals surface area (Å²) in [5, 5.41) is 9.91. The number of aromatic nitrogens is 3. The molecule has 3 aromatic rings. The number of anilines is 1. The highest BCUT2D eigenvalue weighted by Gasteiger charge is 2.05. The molecule has 122 valence electrons. The van der Waals surface area contributed by atoms with E-state index in [1.54, 1.807) is 16.9 Å². The predicted octanol–water partition coefficient (Wildman–Crippen LogP) is 2.94. The van der Waals surface area contributed by atoms with E-state index in [9.17, 15) is 4.79 Å². The number of hydrogen-bond acceptors (Lipinski definition) is 3. The molecule has 0 saturated carbocycles. The number of carbonyl (C=O) groups excluding carboxylic acids is 1. The second kappa shape index (κ2) is 7.41. The zero-order chi connectivity index (χ0) is 16.8. The third-order valence-corrected chi connectivity index (χ3v) is 3.67. The Hall–Kier alpha value is -3.15. The van der Waals surface area contributed by atoms with Gasteiger partial charge in [0.25, 0.3) is 0 Å². The van der Waals surface area contributed by atoms with Gasteiger partial charge in [-0.1, -0.05) is 18.2 Å². The molecular formula is C18H19N5O. The number of amides is 2. The first-order valence-electron chi connectivity index (χ1n) is 7.78. The summed E-state index contributed by atoms with van der Waals surface area (Å²) in [5.41, 5.74) is 3.25. The molecule has 0 aliphatic carbocycles. The molecule has 2 heterocycles. The quantitative estimate of drug-likeness (QED) is 0.759. The maximum absolute atomic E-state index is 11.9. The Morgan fingerprint density at radius 1 is 1.17 bits per heavy atom. The average molecular weight is 321 g/mol. The fraction of sp³-hybridized carbons (Fsp3) is 0.167. The van der Waals surface area contributed by atoms with E-state index in [0.717, 1.165) is 17.7 Å². The molecule has 6 nitrogen and oxygen atoms in total. The van der Waals surface area contributed by atoms with Gasteiger partial charge in [-0.2, -0.15) is 0 Å². The van der Waals surface area contributed by atoms with Crippen molar-refractivity contribution < 1.29 is 4.79 Å². The van der Waals surface area contributed by atoms with Crippen molar-refractivity contribution in [1.29, 1.82) is 0 Å². The minimum atomic E-state index is -0.264.